The Balaban J connectivity index is 0.00000180. The number of hydrogen-bond donors (Lipinski definition) is 2. The molecule has 1 fully saturated rings. The molecule has 108 valence electrons. The molecule has 3 nitrogen and oxygen atoms in total. The molecule has 3 N–H and O–H groups in total. The first-order valence-electron chi connectivity index (χ1n) is 6.37. The van der Waals surface area contributed by atoms with Gasteiger partial charge in [-0.1, -0.05) is 6.42 Å². The van der Waals surface area contributed by atoms with E-state index in [9.17, 15) is 4.79 Å². The number of carbonyl (C=O) groups is 1. The highest BCUT2D eigenvalue weighted by Crippen LogP contribution is 2.30. The van der Waals surface area contributed by atoms with Gasteiger partial charge in [0.1, 0.15) is 0 Å². The number of amides is 1. The van der Waals surface area contributed by atoms with Gasteiger partial charge in [-0.3, -0.25) is 4.79 Å². The number of rotatable bonds is 4. The normalized spacial score (nSPS) is 23.7. The lowest BCUT2D eigenvalue weighted by molar-refractivity contribution is -0.123. The van der Waals surface area contributed by atoms with Gasteiger partial charge in [0.25, 0.3) is 0 Å². The van der Waals surface area contributed by atoms with Crippen LogP contribution in [0.15, 0.2) is 15.9 Å². The molecule has 1 saturated carbocycles. The van der Waals surface area contributed by atoms with Gasteiger partial charge in [0.05, 0.1) is 9.70 Å². The minimum Gasteiger partial charge on any atom is -0.352 e. The van der Waals surface area contributed by atoms with Crippen molar-refractivity contribution in [1.82, 2.24) is 5.32 Å². The molecule has 1 amide bonds. The molecule has 0 bridgehead atoms. The summed E-state index contributed by atoms with van der Waals surface area (Å²) in [5.41, 5.74) is 5.74. The topological polar surface area (TPSA) is 55.1 Å². The molecular weight excluding hydrogens is 348 g/mol. The zero-order valence-electron chi connectivity index (χ0n) is 10.9. The molecular formula is C13H20BrClN2OS. The molecule has 3 atom stereocenters. The van der Waals surface area contributed by atoms with E-state index in [1.54, 1.807) is 11.3 Å². The largest absolute Gasteiger partial charge is 0.352 e. The molecule has 1 heterocycles. The average Bonchev–Trinajstić information content (AvgIpc) is 2.96. The van der Waals surface area contributed by atoms with E-state index >= 15 is 0 Å². The highest BCUT2D eigenvalue weighted by atomic mass is 79.9. The third-order valence-electron chi connectivity index (χ3n) is 3.70. The summed E-state index contributed by atoms with van der Waals surface area (Å²) >= 11 is 5.05. The van der Waals surface area contributed by atoms with Crippen LogP contribution in [0.2, 0.25) is 0 Å². The second-order valence-corrected chi connectivity index (χ2v) is 7.40. The van der Waals surface area contributed by atoms with E-state index in [1.165, 1.54) is 6.42 Å². The molecule has 0 spiro atoms. The third kappa shape index (κ3) is 4.18. The van der Waals surface area contributed by atoms with E-state index in [0.717, 1.165) is 21.5 Å². The van der Waals surface area contributed by atoms with Crippen LogP contribution < -0.4 is 11.1 Å². The minimum atomic E-state index is -0.0830. The van der Waals surface area contributed by atoms with E-state index in [-0.39, 0.29) is 30.3 Å². The summed E-state index contributed by atoms with van der Waals surface area (Å²) in [6.45, 7) is 2.63. The van der Waals surface area contributed by atoms with Crippen molar-refractivity contribution >= 4 is 45.6 Å². The number of hydrogen-bond acceptors (Lipinski definition) is 3. The third-order valence-corrected chi connectivity index (χ3v) is 5.51. The Bertz CT molecular complexity index is 427. The summed E-state index contributed by atoms with van der Waals surface area (Å²) < 4.78 is 1.07. The van der Waals surface area contributed by atoms with Crippen molar-refractivity contribution in [3.63, 3.8) is 0 Å². The fraction of sp³-hybridized carbons (Fsp3) is 0.615. The molecule has 1 aromatic rings. The fourth-order valence-corrected chi connectivity index (χ4v) is 3.98. The van der Waals surface area contributed by atoms with Crippen molar-refractivity contribution in [2.24, 2.45) is 11.7 Å². The quantitative estimate of drug-likeness (QED) is 0.858. The molecule has 0 aliphatic heterocycles. The minimum absolute atomic E-state index is 0. The smallest absolute Gasteiger partial charge is 0.228 e. The second-order valence-electron chi connectivity index (χ2n) is 4.91. The summed E-state index contributed by atoms with van der Waals surface area (Å²) in [7, 11) is 0. The Kier molecular flexibility index (Phi) is 6.80. The summed E-state index contributed by atoms with van der Waals surface area (Å²) in [4.78, 5) is 13.3. The van der Waals surface area contributed by atoms with E-state index in [2.05, 4.69) is 21.2 Å². The Hall–Kier alpha value is -0.100. The van der Waals surface area contributed by atoms with Crippen molar-refractivity contribution in [3.05, 3.63) is 20.8 Å². The first-order valence-corrected chi connectivity index (χ1v) is 7.98. The van der Waals surface area contributed by atoms with Crippen molar-refractivity contribution < 1.29 is 4.79 Å². The van der Waals surface area contributed by atoms with Crippen molar-refractivity contribution in [1.29, 1.82) is 0 Å². The highest BCUT2D eigenvalue weighted by molar-refractivity contribution is 9.11. The SMILES string of the molecule is CC(C(=O)NC1CCCC1CN)c1ccc(Br)s1.Cl. The van der Waals surface area contributed by atoms with Crippen LogP contribution in [0.1, 0.15) is 37.0 Å². The van der Waals surface area contributed by atoms with E-state index in [4.69, 9.17) is 5.73 Å². The number of thiophene rings is 1. The van der Waals surface area contributed by atoms with Crippen LogP contribution in [-0.2, 0) is 4.79 Å². The summed E-state index contributed by atoms with van der Waals surface area (Å²) in [6, 6.07) is 4.27. The Morgan fingerprint density at radius 3 is 2.89 bits per heavy atom. The van der Waals surface area contributed by atoms with Gasteiger partial charge in [0.2, 0.25) is 5.91 Å². The van der Waals surface area contributed by atoms with Crippen LogP contribution in [0.5, 0.6) is 0 Å². The maximum atomic E-state index is 12.2. The van der Waals surface area contributed by atoms with Crippen LogP contribution >= 0.6 is 39.7 Å². The number of carbonyl (C=O) groups excluding carboxylic acids is 1. The molecule has 0 radical (unpaired) electrons. The summed E-state index contributed by atoms with van der Waals surface area (Å²) in [6.07, 6.45) is 3.38. The molecule has 1 aliphatic rings. The molecule has 19 heavy (non-hydrogen) atoms. The first-order chi connectivity index (χ1) is 8.61. The second kappa shape index (κ2) is 7.62. The molecule has 1 aromatic heterocycles. The zero-order chi connectivity index (χ0) is 13.1. The van der Waals surface area contributed by atoms with Crippen molar-refractivity contribution in [2.75, 3.05) is 6.54 Å². The Morgan fingerprint density at radius 1 is 1.58 bits per heavy atom. The zero-order valence-corrected chi connectivity index (χ0v) is 14.1. The van der Waals surface area contributed by atoms with Crippen LogP contribution in [0, 0.1) is 5.92 Å². The molecule has 2 rings (SSSR count). The van der Waals surface area contributed by atoms with Crippen LogP contribution in [0.4, 0.5) is 0 Å². The molecule has 3 unspecified atom stereocenters. The van der Waals surface area contributed by atoms with Gasteiger partial charge >= 0.3 is 0 Å². The van der Waals surface area contributed by atoms with Gasteiger partial charge < -0.3 is 11.1 Å². The van der Waals surface area contributed by atoms with Gasteiger partial charge in [0.15, 0.2) is 0 Å². The molecule has 6 heteroatoms. The number of halogens is 2. The Labute approximate surface area is 132 Å². The predicted octanol–water partition coefficient (Wildman–Crippen LogP) is 3.28. The van der Waals surface area contributed by atoms with Gasteiger partial charge in [-0.25, -0.2) is 0 Å². The molecule has 0 aromatic carbocycles. The fourth-order valence-electron chi connectivity index (χ4n) is 2.51. The van der Waals surface area contributed by atoms with Crippen molar-refractivity contribution in [2.45, 2.75) is 38.1 Å². The van der Waals surface area contributed by atoms with Gasteiger partial charge in [0, 0.05) is 10.9 Å². The number of nitrogens with one attached hydrogen (secondary N) is 1. The molecule has 1 aliphatic carbocycles. The summed E-state index contributed by atoms with van der Waals surface area (Å²) in [5.74, 6) is 0.492. The molecule has 0 saturated heterocycles. The predicted molar refractivity (Wildman–Crippen MR) is 86.0 cm³/mol. The van der Waals surface area contributed by atoms with Crippen LogP contribution in [0.25, 0.3) is 0 Å². The Morgan fingerprint density at radius 2 is 2.32 bits per heavy atom. The monoisotopic (exact) mass is 366 g/mol. The van der Waals surface area contributed by atoms with Gasteiger partial charge in [-0.2, -0.15) is 0 Å². The number of nitrogens with two attached hydrogens (primary N) is 1. The van der Waals surface area contributed by atoms with E-state index < -0.39 is 0 Å². The average molecular weight is 368 g/mol. The van der Waals surface area contributed by atoms with Crippen molar-refractivity contribution in [3.8, 4) is 0 Å². The lowest BCUT2D eigenvalue weighted by atomic mass is 10.0. The van der Waals surface area contributed by atoms with Gasteiger partial charge in [-0.05, 0) is 60.3 Å². The maximum absolute atomic E-state index is 12.2. The first kappa shape index (κ1) is 17.0. The van der Waals surface area contributed by atoms with Gasteiger partial charge in [-0.15, -0.1) is 23.7 Å². The summed E-state index contributed by atoms with van der Waals surface area (Å²) in [5, 5.41) is 3.16. The van der Waals surface area contributed by atoms with Crippen LogP contribution in [0.3, 0.4) is 0 Å². The maximum Gasteiger partial charge on any atom is 0.228 e. The highest BCUT2D eigenvalue weighted by Gasteiger charge is 2.29. The lowest BCUT2D eigenvalue weighted by Crippen LogP contribution is -2.41. The standard InChI is InChI=1S/C13H19BrN2OS.ClH/c1-8(11-5-6-12(14)18-11)13(17)16-10-4-2-3-9(10)7-15;/h5-6,8-10H,2-4,7,15H2,1H3,(H,16,17);1H. The van der Waals surface area contributed by atoms with Crippen LogP contribution in [-0.4, -0.2) is 18.5 Å². The van der Waals surface area contributed by atoms with E-state index in [1.807, 2.05) is 19.1 Å². The lowest BCUT2D eigenvalue weighted by Gasteiger charge is -2.21. The van der Waals surface area contributed by atoms with E-state index in [0.29, 0.717) is 12.5 Å².